The van der Waals surface area contributed by atoms with Crippen LogP contribution in [0.5, 0.6) is 5.88 Å². The molecule has 0 aromatic carbocycles. The average Bonchev–Trinajstić information content (AvgIpc) is 2.89. The van der Waals surface area contributed by atoms with Gasteiger partial charge >= 0.3 is 0 Å². The fraction of sp³-hybridized carbons (Fsp3) is 0.538. The smallest absolute Gasteiger partial charge is 0.227 e. The van der Waals surface area contributed by atoms with Crippen molar-refractivity contribution in [2.24, 2.45) is 0 Å². The molecule has 0 radical (unpaired) electrons. The summed E-state index contributed by atoms with van der Waals surface area (Å²) in [6, 6.07) is 2.03. The van der Waals surface area contributed by atoms with Crippen LogP contribution in [0, 0.1) is 0 Å². The van der Waals surface area contributed by atoms with Gasteiger partial charge in [0.2, 0.25) is 11.8 Å². The summed E-state index contributed by atoms with van der Waals surface area (Å²) in [5.74, 6) is 1.34. The Hall–Kier alpha value is -1.40. The van der Waals surface area contributed by atoms with Crippen LogP contribution in [-0.4, -0.2) is 48.2 Å². The predicted octanol–water partition coefficient (Wildman–Crippen LogP) is 2.21. The maximum Gasteiger partial charge on any atom is 0.227 e. The van der Waals surface area contributed by atoms with Crippen LogP contribution in [-0.2, 0) is 0 Å². The second kappa shape index (κ2) is 5.30. The summed E-state index contributed by atoms with van der Waals surface area (Å²) >= 11 is 1.61. The lowest BCUT2D eigenvalue weighted by Gasteiger charge is -2.29. The van der Waals surface area contributed by atoms with E-state index in [9.17, 15) is 0 Å². The van der Waals surface area contributed by atoms with Crippen molar-refractivity contribution < 1.29 is 4.74 Å². The zero-order valence-electron chi connectivity index (χ0n) is 11.2. The van der Waals surface area contributed by atoms with Gasteiger partial charge in [-0.2, -0.15) is 4.98 Å². The highest BCUT2D eigenvalue weighted by Gasteiger charge is 2.20. The zero-order valence-corrected chi connectivity index (χ0v) is 12.0. The maximum absolute atomic E-state index is 6.11. The Bertz CT molecular complexity index is 563. The second-order valence-corrected chi connectivity index (χ2v) is 5.76. The molecule has 0 bridgehead atoms. The van der Waals surface area contributed by atoms with E-state index in [1.807, 2.05) is 18.5 Å². The minimum absolute atomic E-state index is 0.263. The van der Waals surface area contributed by atoms with Crippen LogP contribution in [0.25, 0.3) is 10.2 Å². The molecule has 6 heteroatoms. The van der Waals surface area contributed by atoms with Crippen molar-refractivity contribution in [2.75, 3.05) is 32.5 Å². The number of piperidine rings is 1. The number of rotatable bonds is 3. The molecule has 1 aliphatic heterocycles. The summed E-state index contributed by atoms with van der Waals surface area (Å²) < 4.78 is 6.11. The van der Waals surface area contributed by atoms with Gasteiger partial charge in [-0.15, -0.1) is 11.3 Å². The van der Waals surface area contributed by atoms with Crippen molar-refractivity contribution >= 4 is 27.5 Å². The molecule has 1 fully saturated rings. The van der Waals surface area contributed by atoms with Gasteiger partial charge in [0.25, 0.3) is 0 Å². The Kier molecular flexibility index (Phi) is 3.52. The van der Waals surface area contributed by atoms with Crippen molar-refractivity contribution in [1.29, 1.82) is 0 Å². The summed E-state index contributed by atoms with van der Waals surface area (Å²) in [4.78, 5) is 12.2. The third-order valence-electron chi connectivity index (χ3n) is 3.46. The highest BCUT2D eigenvalue weighted by Crippen LogP contribution is 2.29. The summed E-state index contributed by atoms with van der Waals surface area (Å²) in [6.07, 6.45) is 2.38. The quantitative estimate of drug-likeness (QED) is 0.933. The second-order valence-electron chi connectivity index (χ2n) is 4.86. The molecule has 19 heavy (non-hydrogen) atoms. The molecule has 0 spiro atoms. The number of anilines is 1. The Labute approximate surface area is 116 Å². The summed E-state index contributed by atoms with van der Waals surface area (Å²) in [7, 11) is 3.98. The maximum atomic E-state index is 6.11. The topological polar surface area (TPSA) is 50.3 Å². The van der Waals surface area contributed by atoms with Crippen molar-refractivity contribution in [1.82, 2.24) is 14.9 Å². The van der Waals surface area contributed by atoms with E-state index >= 15 is 0 Å². The monoisotopic (exact) mass is 278 g/mol. The van der Waals surface area contributed by atoms with Gasteiger partial charge in [-0.05, 0) is 31.3 Å². The third-order valence-corrected chi connectivity index (χ3v) is 4.26. The van der Waals surface area contributed by atoms with Crippen LogP contribution in [0.2, 0.25) is 0 Å². The molecule has 1 aliphatic rings. The summed E-state index contributed by atoms with van der Waals surface area (Å²) in [6.45, 7) is 2.17. The fourth-order valence-electron chi connectivity index (χ4n) is 2.29. The standard InChI is InChI=1S/C13H18N4OS/c1-14-13-15-11(10-5-8-19-12(10)16-13)18-9-3-6-17(2)7-4-9/h5,8-9H,3-4,6-7H2,1-2H3,(H,14,15,16). The van der Waals surface area contributed by atoms with Gasteiger partial charge in [-0.25, -0.2) is 4.98 Å². The Morgan fingerprint density at radius 3 is 2.89 bits per heavy atom. The molecule has 0 unspecified atom stereocenters. The highest BCUT2D eigenvalue weighted by atomic mass is 32.1. The fourth-order valence-corrected chi connectivity index (χ4v) is 3.04. The molecule has 0 aliphatic carbocycles. The molecule has 3 rings (SSSR count). The zero-order chi connectivity index (χ0) is 13.2. The van der Waals surface area contributed by atoms with Crippen molar-refractivity contribution in [3.05, 3.63) is 11.4 Å². The van der Waals surface area contributed by atoms with E-state index in [-0.39, 0.29) is 6.10 Å². The minimum Gasteiger partial charge on any atom is -0.474 e. The molecule has 5 nitrogen and oxygen atoms in total. The Morgan fingerprint density at radius 1 is 1.37 bits per heavy atom. The molecule has 1 N–H and O–H groups in total. The molecule has 2 aromatic heterocycles. The largest absolute Gasteiger partial charge is 0.474 e. The number of hydrogen-bond donors (Lipinski definition) is 1. The predicted molar refractivity (Wildman–Crippen MR) is 78.1 cm³/mol. The van der Waals surface area contributed by atoms with Crippen molar-refractivity contribution in [2.45, 2.75) is 18.9 Å². The van der Waals surface area contributed by atoms with Gasteiger partial charge < -0.3 is 15.0 Å². The van der Waals surface area contributed by atoms with Crippen LogP contribution >= 0.6 is 11.3 Å². The van der Waals surface area contributed by atoms with Gasteiger partial charge in [0.15, 0.2) is 0 Å². The first kappa shape index (κ1) is 12.6. The number of nitrogens with zero attached hydrogens (tertiary/aromatic N) is 3. The van der Waals surface area contributed by atoms with Crippen molar-refractivity contribution in [3.63, 3.8) is 0 Å². The first-order chi connectivity index (χ1) is 9.26. The SMILES string of the molecule is CNc1nc(OC2CCN(C)CC2)c2ccsc2n1. The first-order valence-corrected chi connectivity index (χ1v) is 7.42. The summed E-state index contributed by atoms with van der Waals surface area (Å²) in [5.41, 5.74) is 0. The molecular formula is C13H18N4OS. The molecule has 2 aromatic rings. The van der Waals surface area contributed by atoms with Crippen LogP contribution in [0.3, 0.4) is 0 Å². The minimum atomic E-state index is 0.263. The molecule has 3 heterocycles. The number of thiophene rings is 1. The van der Waals surface area contributed by atoms with Crippen LogP contribution in [0.15, 0.2) is 11.4 Å². The van der Waals surface area contributed by atoms with E-state index in [1.54, 1.807) is 11.3 Å². The number of hydrogen-bond acceptors (Lipinski definition) is 6. The van der Waals surface area contributed by atoms with E-state index < -0.39 is 0 Å². The number of likely N-dealkylation sites (tertiary alicyclic amines) is 1. The van der Waals surface area contributed by atoms with Gasteiger partial charge in [-0.3, -0.25) is 0 Å². The normalized spacial score (nSPS) is 17.8. The molecule has 1 saturated heterocycles. The lowest BCUT2D eigenvalue weighted by molar-refractivity contribution is 0.111. The number of ether oxygens (including phenoxy) is 1. The van der Waals surface area contributed by atoms with Gasteiger partial charge in [0.1, 0.15) is 10.9 Å². The lowest BCUT2D eigenvalue weighted by Crippen LogP contribution is -2.35. The molecule has 0 saturated carbocycles. The van der Waals surface area contributed by atoms with Gasteiger partial charge in [-0.1, -0.05) is 0 Å². The van der Waals surface area contributed by atoms with Crippen LogP contribution in [0.1, 0.15) is 12.8 Å². The third kappa shape index (κ3) is 2.64. The van der Waals surface area contributed by atoms with Gasteiger partial charge in [0.05, 0.1) is 5.39 Å². The van der Waals surface area contributed by atoms with Gasteiger partial charge in [0, 0.05) is 20.1 Å². The van der Waals surface area contributed by atoms with Crippen molar-refractivity contribution in [3.8, 4) is 5.88 Å². The lowest BCUT2D eigenvalue weighted by atomic mass is 10.1. The van der Waals surface area contributed by atoms with E-state index in [2.05, 4.69) is 27.2 Å². The highest BCUT2D eigenvalue weighted by molar-refractivity contribution is 7.16. The molecule has 0 amide bonds. The Balaban J connectivity index is 1.85. The molecule has 0 atom stereocenters. The number of aromatic nitrogens is 2. The van der Waals surface area contributed by atoms with Crippen LogP contribution in [0.4, 0.5) is 5.95 Å². The molecule has 102 valence electrons. The van der Waals surface area contributed by atoms with E-state index in [0.717, 1.165) is 36.1 Å². The van der Waals surface area contributed by atoms with E-state index in [4.69, 9.17) is 4.74 Å². The number of fused-ring (bicyclic) bond motifs is 1. The number of nitrogens with one attached hydrogen (secondary N) is 1. The van der Waals surface area contributed by atoms with E-state index in [1.165, 1.54) is 0 Å². The Morgan fingerprint density at radius 2 is 2.16 bits per heavy atom. The summed E-state index contributed by atoms with van der Waals surface area (Å²) in [5, 5.41) is 6.03. The van der Waals surface area contributed by atoms with Crippen LogP contribution < -0.4 is 10.1 Å². The van der Waals surface area contributed by atoms with E-state index in [0.29, 0.717) is 11.8 Å². The first-order valence-electron chi connectivity index (χ1n) is 6.54. The average molecular weight is 278 g/mol. The molecular weight excluding hydrogens is 260 g/mol.